The van der Waals surface area contributed by atoms with Crippen molar-refractivity contribution < 1.29 is 14.3 Å². The maximum Gasteiger partial charge on any atom is 0.338 e. The van der Waals surface area contributed by atoms with Crippen molar-refractivity contribution in [2.24, 2.45) is 7.05 Å². The van der Waals surface area contributed by atoms with Crippen LogP contribution in [0, 0.1) is 13.8 Å². The third kappa shape index (κ3) is 4.98. The number of amides is 1. The van der Waals surface area contributed by atoms with E-state index in [-0.39, 0.29) is 30.9 Å². The van der Waals surface area contributed by atoms with E-state index < -0.39 is 5.97 Å². The Bertz CT molecular complexity index is 1470. The second-order valence-electron chi connectivity index (χ2n) is 8.28. The number of aryl methyl sites for hydroxylation is 4. The highest BCUT2D eigenvalue weighted by molar-refractivity contribution is 5.94. The molecule has 180 valence electrons. The fraction of sp³-hybridized carbons (Fsp3) is 0.269. The quantitative estimate of drug-likeness (QED) is 0.412. The third-order valence-electron chi connectivity index (χ3n) is 5.65. The fourth-order valence-electron chi connectivity index (χ4n) is 3.83. The van der Waals surface area contributed by atoms with Gasteiger partial charge in [-0.1, -0.05) is 23.8 Å². The maximum atomic E-state index is 13.1. The van der Waals surface area contributed by atoms with Crippen LogP contribution in [0.25, 0.3) is 16.9 Å². The van der Waals surface area contributed by atoms with Gasteiger partial charge in [0, 0.05) is 25.6 Å². The van der Waals surface area contributed by atoms with Crippen molar-refractivity contribution >= 4 is 28.7 Å². The van der Waals surface area contributed by atoms with E-state index in [9.17, 15) is 14.4 Å². The van der Waals surface area contributed by atoms with Gasteiger partial charge in [0.25, 0.3) is 5.56 Å². The number of ether oxygens (including phenoxy) is 1. The van der Waals surface area contributed by atoms with Crippen molar-refractivity contribution in [1.29, 1.82) is 0 Å². The second kappa shape index (κ2) is 9.92. The SMILES string of the molecule is CCOC(=O)c1cccc(NC(=O)CCc2nc3c(C)nn(-c4ccc(C)cc4)c3n(C)c2=O)c1. The summed E-state index contributed by atoms with van der Waals surface area (Å²) in [6.45, 7) is 5.85. The highest BCUT2D eigenvalue weighted by Crippen LogP contribution is 2.20. The number of esters is 1. The molecule has 0 radical (unpaired) electrons. The van der Waals surface area contributed by atoms with Crippen molar-refractivity contribution in [3.8, 4) is 5.69 Å². The summed E-state index contributed by atoms with van der Waals surface area (Å²) in [5, 5.41) is 7.36. The van der Waals surface area contributed by atoms with Crippen molar-refractivity contribution in [3.05, 3.63) is 81.4 Å². The molecule has 0 saturated carbocycles. The average Bonchev–Trinajstić information content (AvgIpc) is 3.17. The van der Waals surface area contributed by atoms with Crippen LogP contribution in [-0.2, 0) is 23.0 Å². The number of hydrogen-bond acceptors (Lipinski definition) is 6. The summed E-state index contributed by atoms with van der Waals surface area (Å²) >= 11 is 0. The monoisotopic (exact) mass is 473 g/mol. The molecule has 0 saturated heterocycles. The molecule has 2 heterocycles. The Morgan fingerprint density at radius 3 is 2.54 bits per heavy atom. The highest BCUT2D eigenvalue weighted by Gasteiger charge is 2.18. The zero-order chi connectivity index (χ0) is 25.1. The Kier molecular flexibility index (Phi) is 6.77. The lowest BCUT2D eigenvalue weighted by Gasteiger charge is -2.10. The van der Waals surface area contributed by atoms with Gasteiger partial charge in [0.1, 0.15) is 11.2 Å². The van der Waals surface area contributed by atoms with Crippen LogP contribution in [0.3, 0.4) is 0 Å². The van der Waals surface area contributed by atoms with Gasteiger partial charge in [-0.05, 0) is 51.1 Å². The number of carbonyl (C=O) groups is 2. The molecule has 2 aromatic carbocycles. The Balaban J connectivity index is 1.54. The molecular weight excluding hydrogens is 446 g/mol. The number of carbonyl (C=O) groups excluding carboxylic acids is 2. The predicted molar refractivity (Wildman–Crippen MR) is 133 cm³/mol. The molecule has 0 fully saturated rings. The number of nitrogens with zero attached hydrogens (tertiary/aromatic N) is 4. The molecular formula is C26H27N5O4. The van der Waals surface area contributed by atoms with Crippen LogP contribution in [-0.4, -0.2) is 37.8 Å². The lowest BCUT2D eigenvalue weighted by Crippen LogP contribution is -2.25. The third-order valence-corrected chi connectivity index (χ3v) is 5.65. The van der Waals surface area contributed by atoms with Crippen molar-refractivity contribution in [3.63, 3.8) is 0 Å². The minimum atomic E-state index is -0.453. The maximum absolute atomic E-state index is 13.1. The molecule has 0 aliphatic heterocycles. The molecule has 0 atom stereocenters. The molecule has 0 bridgehead atoms. The van der Waals surface area contributed by atoms with Gasteiger partial charge < -0.3 is 10.1 Å². The molecule has 1 amide bonds. The zero-order valence-electron chi connectivity index (χ0n) is 20.2. The summed E-state index contributed by atoms with van der Waals surface area (Å²) in [4.78, 5) is 42.1. The second-order valence-corrected chi connectivity index (χ2v) is 8.28. The lowest BCUT2D eigenvalue weighted by molar-refractivity contribution is -0.116. The smallest absolute Gasteiger partial charge is 0.338 e. The van der Waals surface area contributed by atoms with Gasteiger partial charge in [0.05, 0.1) is 23.6 Å². The molecule has 35 heavy (non-hydrogen) atoms. The number of aromatic nitrogens is 4. The molecule has 0 aliphatic rings. The highest BCUT2D eigenvalue weighted by atomic mass is 16.5. The van der Waals surface area contributed by atoms with Crippen LogP contribution in [0.1, 0.15) is 40.7 Å². The number of rotatable bonds is 7. The molecule has 4 aromatic rings. The van der Waals surface area contributed by atoms with Crippen LogP contribution in [0.4, 0.5) is 5.69 Å². The predicted octanol–water partition coefficient (Wildman–Crippen LogP) is 3.48. The van der Waals surface area contributed by atoms with Crippen molar-refractivity contribution in [2.75, 3.05) is 11.9 Å². The van der Waals surface area contributed by atoms with E-state index in [1.165, 1.54) is 4.57 Å². The van der Waals surface area contributed by atoms with Crippen molar-refractivity contribution in [2.45, 2.75) is 33.6 Å². The molecule has 0 unspecified atom stereocenters. The van der Waals surface area contributed by atoms with E-state index in [0.29, 0.717) is 33.8 Å². The largest absolute Gasteiger partial charge is 0.462 e. The molecule has 4 rings (SSSR count). The number of benzene rings is 2. The van der Waals surface area contributed by atoms with Gasteiger partial charge in [-0.25, -0.2) is 14.5 Å². The summed E-state index contributed by atoms with van der Waals surface area (Å²) in [5.41, 5.74) is 4.72. The van der Waals surface area contributed by atoms with E-state index >= 15 is 0 Å². The van der Waals surface area contributed by atoms with Gasteiger partial charge in [-0.2, -0.15) is 5.10 Å². The lowest BCUT2D eigenvalue weighted by atomic mass is 10.2. The van der Waals surface area contributed by atoms with Crippen LogP contribution in [0.15, 0.2) is 53.3 Å². The fourth-order valence-corrected chi connectivity index (χ4v) is 3.83. The summed E-state index contributed by atoms with van der Waals surface area (Å²) in [6, 6.07) is 14.4. The first-order valence-corrected chi connectivity index (χ1v) is 11.4. The molecule has 0 spiro atoms. The normalized spacial score (nSPS) is 11.0. The zero-order valence-corrected chi connectivity index (χ0v) is 20.2. The standard InChI is InChI=1S/C26H27N5O4/c1-5-35-26(34)18-7-6-8-19(15-18)27-22(32)14-13-21-25(33)30(4)24-23(28-21)17(3)29-31(24)20-11-9-16(2)10-12-20/h6-12,15H,5,13-14H2,1-4H3,(H,27,32). The van der Waals surface area contributed by atoms with E-state index in [1.54, 1.807) is 42.9 Å². The average molecular weight is 474 g/mol. The van der Waals surface area contributed by atoms with E-state index in [0.717, 1.165) is 11.3 Å². The number of anilines is 1. The van der Waals surface area contributed by atoms with Gasteiger partial charge in [-0.15, -0.1) is 0 Å². The summed E-state index contributed by atoms with van der Waals surface area (Å²) in [7, 11) is 1.68. The molecule has 9 nitrogen and oxygen atoms in total. The van der Waals surface area contributed by atoms with Crippen LogP contribution in [0.2, 0.25) is 0 Å². The van der Waals surface area contributed by atoms with Gasteiger partial charge in [0.2, 0.25) is 5.91 Å². The molecule has 0 aliphatic carbocycles. The Labute approximate surface area is 202 Å². The Morgan fingerprint density at radius 2 is 1.83 bits per heavy atom. The number of nitrogens with one attached hydrogen (secondary N) is 1. The van der Waals surface area contributed by atoms with E-state index in [4.69, 9.17) is 4.74 Å². The van der Waals surface area contributed by atoms with Crippen molar-refractivity contribution in [1.82, 2.24) is 19.3 Å². The topological polar surface area (TPSA) is 108 Å². The van der Waals surface area contributed by atoms with E-state index in [1.807, 2.05) is 38.1 Å². The van der Waals surface area contributed by atoms with Gasteiger partial charge in [0.15, 0.2) is 5.65 Å². The first-order valence-electron chi connectivity index (χ1n) is 11.4. The van der Waals surface area contributed by atoms with E-state index in [2.05, 4.69) is 15.4 Å². The Hall–Kier alpha value is -4.27. The Morgan fingerprint density at radius 1 is 1.09 bits per heavy atom. The van der Waals surface area contributed by atoms with Crippen LogP contribution >= 0.6 is 0 Å². The summed E-state index contributed by atoms with van der Waals surface area (Å²) < 4.78 is 8.23. The van der Waals surface area contributed by atoms with Gasteiger partial charge >= 0.3 is 5.97 Å². The minimum Gasteiger partial charge on any atom is -0.462 e. The van der Waals surface area contributed by atoms with Gasteiger partial charge in [-0.3, -0.25) is 14.2 Å². The number of fused-ring (bicyclic) bond motifs is 1. The first kappa shape index (κ1) is 23.9. The molecule has 9 heteroatoms. The van der Waals surface area contributed by atoms with Crippen LogP contribution < -0.4 is 10.9 Å². The first-order chi connectivity index (χ1) is 16.8. The number of hydrogen-bond donors (Lipinski definition) is 1. The van der Waals surface area contributed by atoms with Crippen LogP contribution in [0.5, 0.6) is 0 Å². The minimum absolute atomic E-state index is 0.0581. The summed E-state index contributed by atoms with van der Waals surface area (Å²) in [5.74, 6) is -0.742. The summed E-state index contributed by atoms with van der Waals surface area (Å²) in [6.07, 6.45) is 0.226. The molecule has 2 aromatic heterocycles. The molecule has 1 N–H and O–H groups in total.